The summed E-state index contributed by atoms with van der Waals surface area (Å²) in [6.07, 6.45) is 1.79. The number of hydrogen-bond donors (Lipinski definition) is 2. The van der Waals surface area contributed by atoms with Crippen molar-refractivity contribution in [1.29, 1.82) is 0 Å². The summed E-state index contributed by atoms with van der Waals surface area (Å²) < 4.78 is 10.6. The summed E-state index contributed by atoms with van der Waals surface area (Å²) in [6, 6.07) is 19.7. The molecule has 0 aromatic heterocycles. The van der Waals surface area contributed by atoms with Crippen molar-refractivity contribution >= 4 is 29.0 Å². The molecule has 0 saturated carbocycles. The van der Waals surface area contributed by atoms with Gasteiger partial charge in [-0.15, -0.1) is 0 Å². The highest BCUT2D eigenvalue weighted by molar-refractivity contribution is 6.07. The van der Waals surface area contributed by atoms with Crippen molar-refractivity contribution in [2.45, 2.75) is 12.8 Å². The van der Waals surface area contributed by atoms with E-state index in [0.717, 1.165) is 24.1 Å². The van der Waals surface area contributed by atoms with Gasteiger partial charge in [0.25, 0.3) is 5.91 Å². The molecule has 3 amide bonds. The molecule has 3 aromatic rings. The van der Waals surface area contributed by atoms with Crippen LogP contribution in [0.2, 0.25) is 0 Å². The second-order valence-corrected chi connectivity index (χ2v) is 7.39. The van der Waals surface area contributed by atoms with Crippen LogP contribution in [0.15, 0.2) is 66.7 Å². The molecule has 1 aliphatic heterocycles. The molecule has 0 saturated heterocycles. The van der Waals surface area contributed by atoms with Crippen LogP contribution in [0.5, 0.6) is 11.5 Å². The Hall–Kier alpha value is -4.00. The van der Waals surface area contributed by atoms with Crippen LogP contribution in [0.3, 0.4) is 0 Å². The van der Waals surface area contributed by atoms with Crippen molar-refractivity contribution in [1.82, 2.24) is 0 Å². The van der Waals surface area contributed by atoms with E-state index in [2.05, 4.69) is 10.6 Å². The number of fused-ring (bicyclic) bond motifs is 1. The zero-order valence-electron chi connectivity index (χ0n) is 18.1. The van der Waals surface area contributed by atoms with Crippen LogP contribution in [0, 0.1) is 0 Å². The van der Waals surface area contributed by atoms with Crippen molar-refractivity contribution in [2.75, 3.05) is 36.3 Å². The number of aryl methyl sites for hydroxylation is 1. The van der Waals surface area contributed by atoms with Crippen LogP contribution in [0.25, 0.3) is 0 Å². The number of carbonyl (C=O) groups is 2. The monoisotopic (exact) mass is 431 g/mol. The normalized spacial score (nSPS) is 12.5. The maximum absolute atomic E-state index is 13.1. The molecule has 1 aliphatic rings. The summed E-state index contributed by atoms with van der Waals surface area (Å²) in [5.74, 6) is 0.915. The number of methoxy groups -OCH3 is 2. The van der Waals surface area contributed by atoms with Gasteiger partial charge in [-0.05, 0) is 54.8 Å². The maximum Gasteiger partial charge on any atom is 0.323 e. The molecular formula is C25H25N3O4. The van der Waals surface area contributed by atoms with Crippen molar-refractivity contribution < 1.29 is 19.1 Å². The standard InChI is InChI=1S/C25H25N3O4/c1-31-22-12-6-11-20(23(22)32-2)27-25(30)26-19-14-13-17-10-7-15-28(21(17)16-19)24(29)18-8-4-3-5-9-18/h3-6,8-9,11-14,16H,7,10,15H2,1-2H3,(H2,26,27,30). The zero-order chi connectivity index (χ0) is 22.5. The Balaban J connectivity index is 1.54. The first-order valence-electron chi connectivity index (χ1n) is 10.4. The average Bonchev–Trinajstić information content (AvgIpc) is 2.83. The van der Waals surface area contributed by atoms with Crippen LogP contribution >= 0.6 is 0 Å². The minimum Gasteiger partial charge on any atom is -0.493 e. The third-order valence-electron chi connectivity index (χ3n) is 5.38. The number of rotatable bonds is 5. The average molecular weight is 431 g/mol. The Morgan fingerprint density at radius 1 is 0.906 bits per heavy atom. The molecular weight excluding hydrogens is 406 g/mol. The number of benzene rings is 3. The first-order chi connectivity index (χ1) is 15.6. The van der Waals surface area contributed by atoms with Gasteiger partial charge in [-0.2, -0.15) is 0 Å². The smallest absolute Gasteiger partial charge is 0.323 e. The predicted octanol–water partition coefficient (Wildman–Crippen LogP) is 4.94. The third-order valence-corrected chi connectivity index (χ3v) is 5.38. The number of hydrogen-bond acceptors (Lipinski definition) is 4. The second-order valence-electron chi connectivity index (χ2n) is 7.39. The summed E-state index contributed by atoms with van der Waals surface area (Å²) >= 11 is 0. The van der Waals surface area contributed by atoms with Gasteiger partial charge in [-0.1, -0.05) is 30.3 Å². The molecule has 0 atom stereocenters. The lowest BCUT2D eigenvalue weighted by Crippen LogP contribution is -2.35. The van der Waals surface area contributed by atoms with Crippen LogP contribution in [0.1, 0.15) is 22.3 Å². The molecule has 7 heteroatoms. The van der Waals surface area contributed by atoms with E-state index in [1.54, 1.807) is 23.1 Å². The SMILES string of the molecule is COc1cccc(NC(=O)Nc2ccc3c(c2)N(C(=O)c2ccccc2)CCC3)c1OC. The highest BCUT2D eigenvalue weighted by Crippen LogP contribution is 2.35. The van der Waals surface area contributed by atoms with E-state index in [4.69, 9.17) is 9.47 Å². The third kappa shape index (κ3) is 4.37. The highest BCUT2D eigenvalue weighted by atomic mass is 16.5. The Morgan fingerprint density at radius 3 is 2.47 bits per heavy atom. The maximum atomic E-state index is 13.1. The van der Waals surface area contributed by atoms with Crippen molar-refractivity contribution in [3.8, 4) is 11.5 Å². The summed E-state index contributed by atoms with van der Waals surface area (Å²) in [5, 5.41) is 5.63. The number of ether oxygens (including phenoxy) is 2. The molecule has 164 valence electrons. The van der Waals surface area contributed by atoms with Crippen LogP contribution in [-0.2, 0) is 6.42 Å². The van der Waals surface area contributed by atoms with E-state index in [1.165, 1.54) is 14.2 Å². The highest BCUT2D eigenvalue weighted by Gasteiger charge is 2.24. The fraction of sp³-hybridized carbons (Fsp3) is 0.200. The lowest BCUT2D eigenvalue weighted by molar-refractivity contribution is 0.0985. The fourth-order valence-electron chi connectivity index (χ4n) is 3.87. The Morgan fingerprint density at radius 2 is 1.72 bits per heavy atom. The zero-order valence-corrected chi connectivity index (χ0v) is 18.1. The summed E-state index contributed by atoms with van der Waals surface area (Å²) in [6.45, 7) is 0.636. The number of para-hydroxylation sites is 1. The number of carbonyl (C=O) groups excluding carboxylic acids is 2. The first-order valence-corrected chi connectivity index (χ1v) is 10.4. The molecule has 4 rings (SSSR count). The summed E-state index contributed by atoms with van der Waals surface area (Å²) in [5.41, 5.74) is 3.63. The van der Waals surface area contributed by atoms with E-state index < -0.39 is 6.03 Å². The molecule has 0 radical (unpaired) electrons. The fourth-order valence-corrected chi connectivity index (χ4v) is 3.87. The molecule has 0 unspecified atom stereocenters. The van der Waals surface area contributed by atoms with Crippen molar-refractivity contribution in [2.24, 2.45) is 0 Å². The second kappa shape index (κ2) is 9.43. The molecule has 0 bridgehead atoms. The lowest BCUT2D eigenvalue weighted by Gasteiger charge is -2.30. The quantitative estimate of drug-likeness (QED) is 0.600. The van der Waals surface area contributed by atoms with E-state index >= 15 is 0 Å². The van der Waals surface area contributed by atoms with E-state index in [1.807, 2.05) is 48.5 Å². The lowest BCUT2D eigenvalue weighted by atomic mass is 10.00. The van der Waals surface area contributed by atoms with E-state index in [0.29, 0.717) is 35.0 Å². The molecule has 2 N–H and O–H groups in total. The van der Waals surface area contributed by atoms with Gasteiger partial charge in [0.05, 0.1) is 19.9 Å². The van der Waals surface area contributed by atoms with Crippen LogP contribution in [0.4, 0.5) is 21.9 Å². The van der Waals surface area contributed by atoms with Gasteiger partial charge >= 0.3 is 6.03 Å². The van der Waals surface area contributed by atoms with Crippen LogP contribution < -0.4 is 25.0 Å². The molecule has 0 aliphatic carbocycles. The minimum absolute atomic E-state index is 0.0470. The first kappa shape index (κ1) is 21.2. The molecule has 0 spiro atoms. The van der Waals surface area contributed by atoms with Gasteiger partial charge in [0, 0.05) is 23.5 Å². The predicted molar refractivity (Wildman–Crippen MR) is 125 cm³/mol. The molecule has 7 nitrogen and oxygen atoms in total. The molecule has 0 fully saturated rings. The van der Waals surface area contributed by atoms with Crippen molar-refractivity contribution in [3.05, 3.63) is 77.9 Å². The van der Waals surface area contributed by atoms with Gasteiger partial charge < -0.3 is 25.0 Å². The van der Waals surface area contributed by atoms with Gasteiger partial charge in [-0.25, -0.2) is 4.79 Å². The minimum atomic E-state index is -0.423. The number of nitrogens with one attached hydrogen (secondary N) is 2. The molecule has 3 aromatic carbocycles. The number of urea groups is 1. The number of amides is 3. The summed E-state index contributed by atoms with van der Waals surface area (Å²) in [7, 11) is 3.06. The van der Waals surface area contributed by atoms with E-state index in [9.17, 15) is 9.59 Å². The Kier molecular flexibility index (Phi) is 6.26. The number of nitrogens with zero attached hydrogens (tertiary/aromatic N) is 1. The van der Waals surface area contributed by atoms with Gasteiger partial charge in [0.1, 0.15) is 0 Å². The van der Waals surface area contributed by atoms with Gasteiger partial charge in [0.2, 0.25) is 0 Å². The Labute approximate surface area is 187 Å². The number of anilines is 3. The molecule has 32 heavy (non-hydrogen) atoms. The van der Waals surface area contributed by atoms with E-state index in [-0.39, 0.29) is 5.91 Å². The van der Waals surface area contributed by atoms with Gasteiger partial charge in [0.15, 0.2) is 11.5 Å². The Bertz CT molecular complexity index is 1130. The summed E-state index contributed by atoms with van der Waals surface area (Å²) in [4.78, 5) is 27.5. The largest absolute Gasteiger partial charge is 0.493 e. The van der Waals surface area contributed by atoms with Crippen LogP contribution in [-0.4, -0.2) is 32.7 Å². The van der Waals surface area contributed by atoms with Gasteiger partial charge in [-0.3, -0.25) is 4.79 Å². The molecule has 1 heterocycles. The van der Waals surface area contributed by atoms with Crippen molar-refractivity contribution in [3.63, 3.8) is 0 Å². The topological polar surface area (TPSA) is 79.9 Å².